The molecular weight excluding hydrogens is 266 g/mol. The number of anilines is 3. The Morgan fingerprint density at radius 1 is 1.26 bits per heavy atom. The second kappa shape index (κ2) is 5.11. The Morgan fingerprint density at radius 2 is 1.89 bits per heavy atom. The molecule has 98 valence electrons. The number of amides is 1. The quantitative estimate of drug-likeness (QED) is 0.830. The van der Waals surface area contributed by atoms with Crippen LogP contribution in [0.5, 0.6) is 0 Å². The van der Waals surface area contributed by atoms with Gasteiger partial charge in [-0.3, -0.25) is 4.79 Å². The summed E-state index contributed by atoms with van der Waals surface area (Å²) < 4.78 is 0. The van der Waals surface area contributed by atoms with Crippen LogP contribution < -0.4 is 16.4 Å². The lowest BCUT2D eigenvalue weighted by Crippen LogP contribution is -2.15. The average molecular weight is 278 g/mol. The summed E-state index contributed by atoms with van der Waals surface area (Å²) in [5.74, 6) is 0.0191. The average Bonchev–Trinajstić information content (AvgIpc) is 2.41. The number of aromatic nitrogens is 2. The minimum Gasteiger partial charge on any atom is -0.393 e. The fourth-order valence-electron chi connectivity index (χ4n) is 1.60. The van der Waals surface area contributed by atoms with E-state index in [1.807, 2.05) is 0 Å². The highest BCUT2D eigenvalue weighted by atomic mass is 35.5. The van der Waals surface area contributed by atoms with Gasteiger partial charge in [0.2, 0.25) is 5.91 Å². The van der Waals surface area contributed by atoms with Crippen molar-refractivity contribution < 1.29 is 4.79 Å². The fraction of sp³-hybridized carbons (Fsp3) is 0.0833. The summed E-state index contributed by atoms with van der Waals surface area (Å²) >= 11 is 5.85. The highest BCUT2D eigenvalue weighted by Crippen LogP contribution is 2.29. The summed E-state index contributed by atoms with van der Waals surface area (Å²) in [6.45, 7) is 0. The Hall–Kier alpha value is -2.34. The molecule has 0 atom stereocenters. The smallest absolute Gasteiger partial charge is 0.248 e. The first-order valence-corrected chi connectivity index (χ1v) is 5.78. The van der Waals surface area contributed by atoms with Gasteiger partial charge in [-0.25, -0.2) is 9.97 Å². The number of nitrogen functional groups attached to an aromatic ring is 1. The summed E-state index contributed by atoms with van der Waals surface area (Å²) in [4.78, 5) is 20.6. The number of hydrogen-bond donors (Lipinski definition) is 2. The van der Waals surface area contributed by atoms with Gasteiger partial charge in [0.05, 0.1) is 0 Å². The van der Waals surface area contributed by atoms with Gasteiger partial charge >= 0.3 is 0 Å². The predicted octanol–water partition coefficient (Wildman–Crippen LogP) is 1.58. The van der Waals surface area contributed by atoms with Gasteiger partial charge in [0.15, 0.2) is 11.0 Å². The van der Waals surface area contributed by atoms with Crippen LogP contribution in [0.1, 0.15) is 10.4 Å². The zero-order chi connectivity index (χ0) is 14.0. The number of nitrogens with zero attached hydrogens (tertiary/aromatic N) is 3. The van der Waals surface area contributed by atoms with E-state index in [0.717, 1.165) is 5.69 Å². The molecule has 0 unspecified atom stereocenters. The maximum Gasteiger partial charge on any atom is 0.248 e. The second-order valence-corrected chi connectivity index (χ2v) is 4.23. The highest BCUT2D eigenvalue weighted by Gasteiger charge is 2.12. The minimum absolute atomic E-state index is 0.200. The maximum absolute atomic E-state index is 11.0. The first-order valence-electron chi connectivity index (χ1n) is 5.40. The van der Waals surface area contributed by atoms with E-state index in [4.69, 9.17) is 23.1 Å². The molecule has 6 nitrogen and oxygen atoms in total. The van der Waals surface area contributed by atoms with Crippen molar-refractivity contribution >= 4 is 34.7 Å². The van der Waals surface area contributed by atoms with E-state index in [1.165, 1.54) is 6.33 Å². The molecule has 0 saturated carbocycles. The molecule has 2 rings (SSSR count). The molecule has 0 radical (unpaired) electrons. The Morgan fingerprint density at radius 3 is 2.47 bits per heavy atom. The molecule has 0 aliphatic heterocycles. The molecule has 1 heterocycles. The van der Waals surface area contributed by atoms with E-state index in [2.05, 4.69) is 9.97 Å². The van der Waals surface area contributed by atoms with Crippen LogP contribution in [0.25, 0.3) is 0 Å². The lowest BCUT2D eigenvalue weighted by Gasteiger charge is -2.20. The van der Waals surface area contributed by atoms with Crippen LogP contribution >= 0.6 is 11.6 Å². The predicted molar refractivity (Wildman–Crippen MR) is 74.5 cm³/mol. The number of benzene rings is 1. The SMILES string of the molecule is CN(c1ccc(C(N)=O)cc1)c1ncnc(Cl)c1N. The summed E-state index contributed by atoms with van der Waals surface area (Å²) in [6.07, 6.45) is 1.34. The molecule has 0 aliphatic rings. The Balaban J connectivity index is 2.36. The van der Waals surface area contributed by atoms with Crippen molar-refractivity contribution in [3.8, 4) is 0 Å². The van der Waals surface area contributed by atoms with Crippen LogP contribution in [0, 0.1) is 0 Å². The van der Waals surface area contributed by atoms with Crippen LogP contribution in [-0.2, 0) is 0 Å². The van der Waals surface area contributed by atoms with Gasteiger partial charge in [-0.15, -0.1) is 0 Å². The Kier molecular flexibility index (Phi) is 3.52. The number of nitrogens with two attached hydrogens (primary N) is 2. The van der Waals surface area contributed by atoms with Crippen molar-refractivity contribution in [2.24, 2.45) is 5.73 Å². The number of carbonyl (C=O) groups excluding carboxylic acids is 1. The van der Waals surface area contributed by atoms with Crippen molar-refractivity contribution in [3.05, 3.63) is 41.3 Å². The molecule has 7 heteroatoms. The third-order valence-electron chi connectivity index (χ3n) is 2.67. The number of hydrogen-bond acceptors (Lipinski definition) is 5. The molecule has 19 heavy (non-hydrogen) atoms. The van der Waals surface area contributed by atoms with E-state index in [-0.39, 0.29) is 5.15 Å². The van der Waals surface area contributed by atoms with Crippen molar-refractivity contribution in [3.63, 3.8) is 0 Å². The van der Waals surface area contributed by atoms with Gasteiger partial charge < -0.3 is 16.4 Å². The fourth-order valence-corrected chi connectivity index (χ4v) is 1.73. The number of carbonyl (C=O) groups is 1. The molecule has 0 aliphatic carbocycles. The van der Waals surface area contributed by atoms with Crippen LogP contribution in [0.2, 0.25) is 5.15 Å². The molecule has 0 spiro atoms. The molecule has 0 saturated heterocycles. The Labute approximate surface area is 115 Å². The van der Waals surface area contributed by atoms with E-state index >= 15 is 0 Å². The molecular formula is C12H12ClN5O. The van der Waals surface area contributed by atoms with Gasteiger partial charge in [0, 0.05) is 18.3 Å². The third kappa shape index (κ3) is 2.58. The topological polar surface area (TPSA) is 98.1 Å². The van der Waals surface area contributed by atoms with E-state index in [1.54, 1.807) is 36.2 Å². The molecule has 1 aromatic carbocycles. The van der Waals surface area contributed by atoms with E-state index < -0.39 is 5.91 Å². The van der Waals surface area contributed by atoms with Gasteiger partial charge in [0.1, 0.15) is 12.0 Å². The molecule has 0 fully saturated rings. The van der Waals surface area contributed by atoms with E-state index in [9.17, 15) is 4.79 Å². The standard InChI is InChI=1S/C12H12ClN5O/c1-18(12-9(14)10(13)16-6-17-12)8-4-2-7(3-5-8)11(15)19/h2-6H,14H2,1H3,(H2,15,19). The minimum atomic E-state index is -0.473. The van der Waals surface area contributed by atoms with Crippen LogP contribution in [0.3, 0.4) is 0 Å². The first kappa shape index (κ1) is 13.1. The van der Waals surface area contributed by atoms with Crippen molar-refractivity contribution in [1.29, 1.82) is 0 Å². The first-order chi connectivity index (χ1) is 9.00. The molecule has 1 aromatic heterocycles. The summed E-state index contributed by atoms with van der Waals surface area (Å²) in [6, 6.07) is 6.76. The summed E-state index contributed by atoms with van der Waals surface area (Å²) in [5.41, 5.74) is 12.5. The van der Waals surface area contributed by atoms with Gasteiger partial charge in [-0.2, -0.15) is 0 Å². The van der Waals surface area contributed by atoms with Crippen molar-refractivity contribution in [2.45, 2.75) is 0 Å². The lowest BCUT2D eigenvalue weighted by atomic mass is 10.2. The monoisotopic (exact) mass is 277 g/mol. The zero-order valence-corrected chi connectivity index (χ0v) is 10.9. The normalized spacial score (nSPS) is 10.2. The molecule has 0 bridgehead atoms. The second-order valence-electron chi connectivity index (χ2n) is 3.87. The van der Waals surface area contributed by atoms with Crippen molar-refractivity contribution in [1.82, 2.24) is 9.97 Å². The van der Waals surface area contributed by atoms with E-state index in [0.29, 0.717) is 17.1 Å². The third-order valence-corrected chi connectivity index (χ3v) is 2.97. The van der Waals surface area contributed by atoms with Crippen LogP contribution in [-0.4, -0.2) is 22.9 Å². The largest absolute Gasteiger partial charge is 0.393 e. The Bertz CT molecular complexity index is 614. The van der Waals surface area contributed by atoms with Crippen LogP contribution in [0.4, 0.5) is 17.2 Å². The summed E-state index contributed by atoms with van der Waals surface area (Å²) in [5, 5.41) is 0.200. The lowest BCUT2D eigenvalue weighted by molar-refractivity contribution is 0.100. The summed E-state index contributed by atoms with van der Waals surface area (Å²) in [7, 11) is 1.79. The zero-order valence-electron chi connectivity index (χ0n) is 10.2. The number of primary amides is 1. The number of rotatable bonds is 3. The molecule has 4 N–H and O–H groups in total. The van der Waals surface area contributed by atoms with Crippen molar-refractivity contribution in [2.75, 3.05) is 17.7 Å². The van der Waals surface area contributed by atoms with Gasteiger partial charge in [-0.05, 0) is 24.3 Å². The number of halogens is 1. The maximum atomic E-state index is 11.0. The van der Waals surface area contributed by atoms with Gasteiger partial charge in [-0.1, -0.05) is 11.6 Å². The highest BCUT2D eigenvalue weighted by molar-refractivity contribution is 6.32. The molecule has 2 aromatic rings. The van der Waals surface area contributed by atoms with Crippen LogP contribution in [0.15, 0.2) is 30.6 Å². The molecule has 1 amide bonds. The van der Waals surface area contributed by atoms with Gasteiger partial charge in [0.25, 0.3) is 0 Å².